The van der Waals surface area contributed by atoms with Gasteiger partial charge in [-0.25, -0.2) is 0 Å². The summed E-state index contributed by atoms with van der Waals surface area (Å²) in [5.74, 6) is 0. The number of hydrogen-bond acceptors (Lipinski definition) is 2. The molecular formula is C122H122BN5. The Bertz CT molecular complexity index is 9450. The largest absolute Gasteiger partial charge is 0.310 e. The standard InChI is InChI=1S/C122H122BN5/c1-115(2,3)76-55-53-75(54-56-76)92-66-79(118(10,11)12)69-96(93-65-77(116(4,5)6)58-62-98(93)121(19,20)21)113(92)127-108-71-81(124-102-47-33-26-40-86(102)87-41-27-34-48-103(87)124)59-63-100(108)123-101-64-60-82(125-104-49-35-28-42-88(104)89-43-29-36-50-105(89)125)72-109(101)128(111-74-83(73-110(127)112(111)123)126-106-51-37-30-44-90(106)91-45-31-38-52-107(91)126)114-94(84-39-25-32-46-97(84)120(16,17)18)67-80(119(13,14)15)68-95(114)85-61-57-78(117(7,8)9)70-99(85)122(22,23)24/h25-74H,1-24H3/i26D,27D,28D,29D,30D,31D,33D,34D,35D,36D,37D,38D,40D,41D,42D,43D,44D,45D,47D,48D,49D,50D,51D,52D,53D,54D,55D,56D,58D,62D,65D,66D,69D. The van der Waals surface area contributed by atoms with E-state index in [4.69, 9.17) is 0 Å². The van der Waals surface area contributed by atoms with Gasteiger partial charge >= 0.3 is 0 Å². The van der Waals surface area contributed by atoms with E-state index in [9.17, 15) is 45.2 Å². The Hall–Kier alpha value is -12.6. The zero-order valence-electron chi connectivity index (χ0n) is 110. The Morgan fingerprint density at radius 1 is 0.234 bits per heavy atom. The molecule has 0 radical (unpaired) electrons. The van der Waals surface area contributed by atoms with E-state index in [0.29, 0.717) is 27.9 Å². The van der Waals surface area contributed by atoms with Crippen molar-refractivity contribution in [2.45, 2.75) is 209 Å². The first-order valence-electron chi connectivity index (χ1n) is 60.3. The third-order valence-electron chi connectivity index (χ3n) is 25.2. The lowest BCUT2D eigenvalue weighted by Crippen LogP contribution is -2.61. The van der Waals surface area contributed by atoms with Crippen LogP contribution >= 0.6 is 0 Å². The van der Waals surface area contributed by atoms with Crippen LogP contribution in [0.5, 0.6) is 0 Å². The van der Waals surface area contributed by atoms with Crippen molar-refractivity contribution in [1.29, 1.82) is 0 Å². The second-order valence-corrected chi connectivity index (χ2v) is 42.5. The van der Waals surface area contributed by atoms with Gasteiger partial charge in [0.25, 0.3) is 6.71 Å². The number of nitrogens with zero attached hydrogens (tertiary/aromatic N) is 5. The molecule has 15 aromatic carbocycles. The number of fused-ring (bicyclic) bond motifs is 13. The zero-order valence-corrected chi connectivity index (χ0v) is 77.1. The number of anilines is 6. The SMILES string of the molecule is [2H]c1c([2H])c(C(C)(C)C)c([2H])c([2H])c1-c1c([2H])c(C(C)(C)C)c([2H])c(-c2c([2H])c(C(C)(C)C)c([2H])c([2H])c2C(C)(C)C)c1N1c2cc(-n3c4c([2H])c([2H])c([2H])c([2H])c4c4c([2H])c([2H])c([2H])c([2H])c43)ccc2B2c3ccc(-n4c5c([2H])c([2H])c([2H])c([2H])c5c5c([2H])c([2H])c([2H])c([2H])c54)cc3N(c3c(-c4ccccc4C(C)(C)C)cc(C(C)(C)C)cc3-c3ccc(C(C)(C)C)cc3C(C)(C)C)c3cc(-n4c5c([2H])c([2H])c([2H])c([2H])c5c5c([2H])c([2H])c([2H])c([2H])c54)cc1c32. The van der Waals surface area contributed by atoms with Gasteiger partial charge in [0, 0.05) is 88.7 Å². The predicted octanol–water partition coefficient (Wildman–Crippen LogP) is 32.1. The van der Waals surface area contributed by atoms with E-state index in [1.165, 1.54) is 19.8 Å². The Kier molecular flexibility index (Phi) is 12.4. The van der Waals surface area contributed by atoms with Gasteiger partial charge < -0.3 is 23.5 Å². The molecule has 20 rings (SSSR count). The van der Waals surface area contributed by atoms with Gasteiger partial charge in [-0.05, 0) is 223 Å². The van der Waals surface area contributed by atoms with Gasteiger partial charge in [0.1, 0.15) is 0 Å². The van der Waals surface area contributed by atoms with Gasteiger partial charge in [0.2, 0.25) is 0 Å². The normalized spacial score (nSPS) is 17.2. The fourth-order valence-corrected chi connectivity index (χ4v) is 18.7. The van der Waals surface area contributed by atoms with E-state index < -0.39 is 293 Å². The molecule has 2 aliphatic heterocycles. The van der Waals surface area contributed by atoms with Gasteiger partial charge in [-0.2, -0.15) is 0 Å². The van der Waals surface area contributed by atoms with Crippen LogP contribution in [-0.2, 0) is 43.3 Å². The van der Waals surface area contributed by atoms with E-state index in [2.05, 4.69) is 113 Å². The van der Waals surface area contributed by atoms with Crippen molar-refractivity contribution < 1.29 is 45.2 Å². The summed E-state index contributed by atoms with van der Waals surface area (Å²) in [6, 6.07) is 8.45. The van der Waals surface area contributed by atoms with Crippen molar-refractivity contribution in [3.8, 4) is 61.6 Å². The number of rotatable bonds is 9. The topological polar surface area (TPSA) is 21.3 Å². The summed E-state index contributed by atoms with van der Waals surface area (Å²) in [4.78, 5) is 3.56. The quantitative estimate of drug-likeness (QED) is 0.134. The van der Waals surface area contributed by atoms with E-state index in [0.717, 1.165) is 22.3 Å². The highest BCUT2D eigenvalue weighted by molar-refractivity contribution is 7.00. The van der Waals surface area contributed by atoms with Gasteiger partial charge in [-0.3, -0.25) is 0 Å². The minimum Gasteiger partial charge on any atom is -0.310 e. The van der Waals surface area contributed by atoms with Crippen LogP contribution in [-0.4, -0.2) is 20.4 Å². The van der Waals surface area contributed by atoms with Gasteiger partial charge in [0.05, 0.1) is 95.4 Å². The smallest absolute Gasteiger partial charge is 0.252 e. The van der Waals surface area contributed by atoms with Gasteiger partial charge in [0.15, 0.2) is 0 Å². The van der Waals surface area contributed by atoms with Crippen molar-refractivity contribution in [3.05, 3.63) is 347 Å². The summed E-state index contributed by atoms with van der Waals surface area (Å²) in [7, 11) is 0. The maximum Gasteiger partial charge on any atom is 0.252 e. The highest BCUT2D eigenvalue weighted by atomic mass is 15.2. The molecule has 0 saturated carbocycles. The van der Waals surface area contributed by atoms with Crippen LogP contribution in [0.2, 0.25) is 0 Å². The average molecular weight is 1700 g/mol. The minimum atomic E-state index is -1.50. The van der Waals surface area contributed by atoms with E-state index in [1.807, 2.05) is 29.2 Å². The second-order valence-electron chi connectivity index (χ2n) is 42.5. The lowest BCUT2D eigenvalue weighted by molar-refractivity contribution is 0.569. The number of hydrogen-bond donors (Lipinski definition) is 0. The fraction of sp³-hybridized carbons (Fsp3) is 0.262. The molecule has 128 heavy (non-hydrogen) atoms. The second kappa shape index (κ2) is 29.5. The predicted molar refractivity (Wildman–Crippen MR) is 555 cm³/mol. The van der Waals surface area contributed by atoms with E-state index in [1.54, 1.807) is 130 Å². The first-order chi connectivity index (χ1) is 74.3. The Balaban J connectivity index is 1.17. The molecule has 0 amide bonds. The summed E-state index contributed by atoms with van der Waals surface area (Å²) < 4.78 is 343. The van der Waals surface area contributed by atoms with E-state index >= 15 is 0 Å². The minimum absolute atomic E-state index is 0.0135. The van der Waals surface area contributed by atoms with Crippen LogP contribution in [0.15, 0.2) is 303 Å². The lowest BCUT2D eigenvalue weighted by atomic mass is 9.33. The van der Waals surface area contributed by atoms with Crippen LogP contribution in [0.4, 0.5) is 34.1 Å². The molecule has 6 heteroatoms. The molecule has 5 heterocycles. The summed E-state index contributed by atoms with van der Waals surface area (Å²) in [6.45, 7) is 44.5. The van der Waals surface area contributed by atoms with E-state index in [-0.39, 0.29) is 128 Å². The fourth-order valence-electron chi connectivity index (χ4n) is 18.7. The summed E-state index contributed by atoms with van der Waals surface area (Å²) in [6.07, 6.45) is 0. The van der Waals surface area contributed by atoms with Crippen molar-refractivity contribution in [3.63, 3.8) is 0 Å². The molecule has 638 valence electrons. The average Bonchev–Trinajstić information content (AvgIpc) is 1.67. The zero-order chi connectivity index (χ0) is 119. The third-order valence-corrected chi connectivity index (χ3v) is 25.2. The monoisotopic (exact) mass is 1700 g/mol. The van der Waals surface area contributed by atoms with Crippen LogP contribution in [0.3, 0.4) is 0 Å². The summed E-state index contributed by atoms with van der Waals surface area (Å²) in [5, 5.41) is -2.11. The summed E-state index contributed by atoms with van der Waals surface area (Å²) >= 11 is 0. The van der Waals surface area contributed by atoms with Crippen LogP contribution < -0.4 is 26.2 Å². The number of para-hydroxylation sites is 6. The lowest BCUT2D eigenvalue weighted by Gasteiger charge is -2.46. The number of aromatic nitrogens is 3. The molecule has 0 aliphatic carbocycles. The molecule has 0 N–H and O–H groups in total. The number of benzene rings is 15. The molecule has 0 saturated heterocycles. The molecule has 0 atom stereocenters. The van der Waals surface area contributed by atoms with Gasteiger partial charge in [-0.1, -0.05) is 372 Å². The highest BCUT2D eigenvalue weighted by Crippen LogP contribution is 2.59. The van der Waals surface area contributed by atoms with Crippen molar-refractivity contribution in [2.24, 2.45) is 0 Å². The Labute approximate surface area is 806 Å². The van der Waals surface area contributed by atoms with Crippen molar-refractivity contribution >= 4 is 123 Å². The van der Waals surface area contributed by atoms with Crippen LogP contribution in [0.25, 0.3) is 127 Å². The molecule has 2 aliphatic rings. The highest BCUT2D eigenvalue weighted by Gasteiger charge is 2.48. The molecule has 3 aromatic heterocycles. The molecule has 0 bridgehead atoms. The molecule has 0 unspecified atom stereocenters. The van der Waals surface area contributed by atoms with Crippen LogP contribution in [0.1, 0.15) is 256 Å². The maximum absolute atomic E-state index is 12.0. The van der Waals surface area contributed by atoms with Gasteiger partial charge in [-0.15, -0.1) is 0 Å². The third kappa shape index (κ3) is 13.8. The Morgan fingerprint density at radius 3 is 0.992 bits per heavy atom. The van der Waals surface area contributed by atoms with Crippen LogP contribution in [0, 0.1) is 0 Å². The molecular weight excluding hydrogens is 1550 g/mol. The molecule has 18 aromatic rings. The molecule has 5 nitrogen and oxygen atoms in total. The first kappa shape index (κ1) is 53.9. The van der Waals surface area contributed by atoms with Crippen molar-refractivity contribution in [2.75, 3.05) is 9.80 Å². The van der Waals surface area contributed by atoms with Crippen molar-refractivity contribution in [1.82, 2.24) is 13.7 Å². The summed E-state index contributed by atoms with van der Waals surface area (Å²) in [5.41, 5.74) is -6.93. The molecule has 0 fully saturated rings. The Morgan fingerprint density at radius 2 is 0.586 bits per heavy atom. The first-order valence-corrected chi connectivity index (χ1v) is 43.8. The maximum atomic E-state index is 12.0. The molecule has 0 spiro atoms.